The fourth-order valence-electron chi connectivity index (χ4n) is 2.82. The van der Waals surface area contributed by atoms with Crippen LogP contribution in [0.1, 0.15) is 12.0 Å². The van der Waals surface area contributed by atoms with Crippen LogP contribution in [0.25, 0.3) is 0 Å². The number of nitrogens with zero attached hydrogens (tertiary/aromatic N) is 2. The second-order valence-electron chi connectivity index (χ2n) is 5.79. The van der Waals surface area contributed by atoms with E-state index in [1.54, 1.807) is 0 Å². The maximum absolute atomic E-state index is 13.2. The van der Waals surface area contributed by atoms with Crippen molar-refractivity contribution in [3.8, 4) is 0 Å². The smallest absolute Gasteiger partial charge is 0.373 e. The number of non-ortho nitro benzene ring substituents is 1. The van der Waals surface area contributed by atoms with Crippen molar-refractivity contribution in [2.24, 2.45) is 0 Å². The Hall–Kier alpha value is -3.43. The summed E-state index contributed by atoms with van der Waals surface area (Å²) in [6.45, 7) is 0. The summed E-state index contributed by atoms with van der Waals surface area (Å²) >= 11 is 0. The van der Waals surface area contributed by atoms with Crippen molar-refractivity contribution in [3.05, 3.63) is 64.2 Å². The van der Waals surface area contributed by atoms with E-state index in [2.05, 4.69) is 5.32 Å². The molecule has 1 aliphatic heterocycles. The first kappa shape index (κ1) is 18.4. The van der Waals surface area contributed by atoms with Crippen LogP contribution in [-0.4, -0.2) is 22.8 Å². The third-order valence-corrected chi connectivity index (χ3v) is 3.99. The van der Waals surface area contributed by atoms with Gasteiger partial charge in [0.2, 0.25) is 5.91 Å². The largest absolute Gasteiger partial charge is 0.418 e. The van der Waals surface area contributed by atoms with Crippen LogP contribution in [0.5, 0.6) is 0 Å². The van der Waals surface area contributed by atoms with Crippen LogP contribution in [0.15, 0.2) is 48.5 Å². The van der Waals surface area contributed by atoms with Crippen molar-refractivity contribution >= 4 is 28.9 Å². The van der Waals surface area contributed by atoms with Gasteiger partial charge in [0.05, 0.1) is 22.6 Å². The SMILES string of the molecule is O=C1CC(Nc2cccc([N+](=O)[O-])c2)C(=O)N1c1ccccc1C(F)(F)F. The highest BCUT2D eigenvalue weighted by Crippen LogP contribution is 2.38. The Bertz CT molecular complexity index is 930. The van der Waals surface area contributed by atoms with Crippen LogP contribution in [0, 0.1) is 10.1 Å². The number of nitro groups is 1. The monoisotopic (exact) mass is 379 g/mol. The van der Waals surface area contributed by atoms with Crippen LogP contribution in [0.2, 0.25) is 0 Å². The van der Waals surface area contributed by atoms with E-state index >= 15 is 0 Å². The molecule has 1 N–H and O–H groups in total. The molecule has 140 valence electrons. The van der Waals surface area contributed by atoms with Crippen LogP contribution in [-0.2, 0) is 15.8 Å². The Morgan fingerprint density at radius 2 is 1.81 bits per heavy atom. The lowest BCUT2D eigenvalue weighted by molar-refractivity contribution is -0.384. The van der Waals surface area contributed by atoms with E-state index in [0.29, 0.717) is 4.90 Å². The molecule has 1 unspecified atom stereocenters. The Labute approximate surface area is 150 Å². The molecule has 0 spiro atoms. The summed E-state index contributed by atoms with van der Waals surface area (Å²) in [5.41, 5.74) is -1.65. The lowest BCUT2D eigenvalue weighted by Gasteiger charge is -2.20. The van der Waals surface area contributed by atoms with E-state index in [-0.39, 0.29) is 17.8 Å². The number of rotatable bonds is 4. The zero-order valence-corrected chi connectivity index (χ0v) is 13.6. The molecule has 0 radical (unpaired) electrons. The molecule has 2 aromatic carbocycles. The molecule has 1 saturated heterocycles. The zero-order chi connectivity index (χ0) is 19.8. The number of nitro benzene ring substituents is 1. The fourth-order valence-corrected chi connectivity index (χ4v) is 2.82. The second-order valence-corrected chi connectivity index (χ2v) is 5.79. The summed E-state index contributed by atoms with van der Waals surface area (Å²) in [7, 11) is 0. The van der Waals surface area contributed by atoms with E-state index in [0.717, 1.165) is 18.2 Å². The van der Waals surface area contributed by atoms with E-state index in [4.69, 9.17) is 0 Å². The number of nitrogens with one attached hydrogen (secondary N) is 1. The lowest BCUT2D eigenvalue weighted by Crippen LogP contribution is -2.36. The third kappa shape index (κ3) is 3.59. The molecule has 0 saturated carbocycles. The number of carbonyl (C=O) groups excluding carboxylic acids is 2. The topological polar surface area (TPSA) is 92.5 Å². The van der Waals surface area contributed by atoms with Crippen LogP contribution in [0.4, 0.5) is 30.2 Å². The van der Waals surface area contributed by atoms with E-state index in [9.17, 15) is 32.9 Å². The summed E-state index contributed by atoms with van der Waals surface area (Å²) in [5.74, 6) is -1.65. The molecule has 1 fully saturated rings. The number of carbonyl (C=O) groups is 2. The summed E-state index contributed by atoms with van der Waals surface area (Å²) in [4.78, 5) is 35.5. The molecular formula is C17H12F3N3O4. The first-order chi connectivity index (χ1) is 12.7. The Balaban J connectivity index is 1.89. The average molecular weight is 379 g/mol. The highest BCUT2D eigenvalue weighted by molar-refractivity contribution is 6.23. The average Bonchev–Trinajstić information content (AvgIpc) is 2.88. The summed E-state index contributed by atoms with van der Waals surface area (Å²) in [6, 6.07) is 8.44. The molecule has 1 atom stereocenters. The van der Waals surface area contributed by atoms with E-state index in [1.165, 1.54) is 30.3 Å². The first-order valence-electron chi connectivity index (χ1n) is 7.72. The quantitative estimate of drug-likeness (QED) is 0.500. The molecule has 0 aliphatic carbocycles. The lowest BCUT2D eigenvalue weighted by atomic mass is 10.1. The second kappa shape index (κ2) is 6.71. The number of para-hydroxylation sites is 1. The van der Waals surface area contributed by atoms with Crippen LogP contribution < -0.4 is 10.2 Å². The number of halogens is 3. The fraction of sp³-hybridized carbons (Fsp3) is 0.176. The molecule has 0 aromatic heterocycles. The van der Waals surface area contributed by atoms with Crippen LogP contribution >= 0.6 is 0 Å². The van der Waals surface area contributed by atoms with Crippen LogP contribution in [0.3, 0.4) is 0 Å². The minimum Gasteiger partial charge on any atom is -0.373 e. The van der Waals surface area contributed by atoms with Crippen molar-refractivity contribution in [2.75, 3.05) is 10.2 Å². The predicted octanol–water partition coefficient (Wildman–Crippen LogP) is 3.36. The number of hydrogen-bond donors (Lipinski definition) is 1. The van der Waals surface area contributed by atoms with Gasteiger partial charge in [0.25, 0.3) is 11.6 Å². The molecule has 3 rings (SSSR count). The molecule has 2 aromatic rings. The van der Waals surface area contributed by atoms with Gasteiger partial charge in [-0.2, -0.15) is 13.2 Å². The van der Waals surface area contributed by atoms with E-state index in [1.807, 2.05) is 0 Å². The number of alkyl halides is 3. The van der Waals surface area contributed by atoms with Gasteiger partial charge in [-0.05, 0) is 18.2 Å². The first-order valence-corrected chi connectivity index (χ1v) is 7.72. The molecule has 1 heterocycles. The maximum atomic E-state index is 13.2. The van der Waals surface area contributed by atoms with Crippen molar-refractivity contribution in [1.29, 1.82) is 0 Å². The Morgan fingerprint density at radius 1 is 1.11 bits per heavy atom. The van der Waals surface area contributed by atoms with Gasteiger partial charge < -0.3 is 5.32 Å². The molecule has 2 amide bonds. The summed E-state index contributed by atoms with van der Waals surface area (Å²) in [6.07, 6.45) is -5.10. The van der Waals surface area contributed by atoms with Crippen molar-refractivity contribution in [3.63, 3.8) is 0 Å². The molecule has 10 heteroatoms. The summed E-state index contributed by atoms with van der Waals surface area (Å²) < 4.78 is 39.6. The standard InChI is InChI=1S/C17H12F3N3O4/c18-17(19,20)12-6-1-2-7-14(12)22-15(24)9-13(16(22)25)21-10-4-3-5-11(8-10)23(26)27/h1-8,13,21H,9H2. The number of amides is 2. The Kier molecular flexibility index (Phi) is 4.56. The van der Waals surface area contributed by atoms with Gasteiger partial charge in [-0.15, -0.1) is 0 Å². The molecular weight excluding hydrogens is 367 g/mol. The minimum atomic E-state index is -4.73. The van der Waals surface area contributed by atoms with Gasteiger partial charge in [-0.1, -0.05) is 18.2 Å². The number of anilines is 2. The van der Waals surface area contributed by atoms with Gasteiger partial charge in [0.15, 0.2) is 0 Å². The maximum Gasteiger partial charge on any atom is 0.418 e. The van der Waals surface area contributed by atoms with Gasteiger partial charge in [0, 0.05) is 17.8 Å². The van der Waals surface area contributed by atoms with Gasteiger partial charge in [-0.25, -0.2) is 4.90 Å². The predicted molar refractivity (Wildman–Crippen MR) is 89.1 cm³/mol. The molecule has 7 nitrogen and oxygen atoms in total. The normalized spacial score (nSPS) is 17.3. The molecule has 1 aliphatic rings. The van der Waals surface area contributed by atoms with Crippen molar-refractivity contribution in [2.45, 2.75) is 18.6 Å². The number of imide groups is 1. The summed E-state index contributed by atoms with van der Waals surface area (Å²) in [5, 5.41) is 13.5. The highest BCUT2D eigenvalue weighted by Gasteiger charge is 2.44. The van der Waals surface area contributed by atoms with Gasteiger partial charge >= 0.3 is 6.18 Å². The van der Waals surface area contributed by atoms with Crippen molar-refractivity contribution in [1.82, 2.24) is 0 Å². The van der Waals surface area contributed by atoms with E-state index < -0.39 is 40.2 Å². The third-order valence-electron chi connectivity index (χ3n) is 3.99. The molecule has 0 bridgehead atoms. The minimum absolute atomic E-state index is 0.210. The number of benzene rings is 2. The van der Waals surface area contributed by atoms with Gasteiger partial charge in [-0.3, -0.25) is 19.7 Å². The van der Waals surface area contributed by atoms with Crippen molar-refractivity contribution < 1.29 is 27.7 Å². The number of hydrogen-bond acceptors (Lipinski definition) is 5. The van der Waals surface area contributed by atoms with Gasteiger partial charge in [0.1, 0.15) is 6.04 Å². The zero-order valence-electron chi connectivity index (χ0n) is 13.6. The highest BCUT2D eigenvalue weighted by atomic mass is 19.4. The molecule has 27 heavy (non-hydrogen) atoms. The Morgan fingerprint density at radius 3 is 2.48 bits per heavy atom.